The van der Waals surface area contributed by atoms with E-state index >= 15 is 0 Å². The molecule has 0 spiro atoms. The van der Waals surface area contributed by atoms with Crippen LogP contribution in [-0.2, 0) is 0 Å². The van der Waals surface area contributed by atoms with Crippen LogP contribution in [0.15, 0.2) is 30.3 Å². The molecule has 0 aliphatic heterocycles. The van der Waals surface area contributed by atoms with E-state index in [1.165, 1.54) is 11.1 Å². The monoisotopic (exact) mass is 386 g/mol. The number of hydrogen-bond acceptors (Lipinski definition) is 1. The van der Waals surface area contributed by atoms with Crippen LogP contribution >= 0.6 is 39.1 Å². The normalized spacial score (nSPS) is 12.3. The van der Waals surface area contributed by atoms with Crippen molar-refractivity contribution in [3.63, 3.8) is 0 Å². The van der Waals surface area contributed by atoms with Crippen LogP contribution < -0.4 is 4.74 Å². The van der Waals surface area contributed by atoms with Crippen LogP contribution in [-0.4, -0.2) is 6.61 Å². The van der Waals surface area contributed by atoms with Crippen molar-refractivity contribution in [2.45, 2.75) is 25.6 Å². The van der Waals surface area contributed by atoms with Gasteiger partial charge in [-0.1, -0.05) is 57.3 Å². The summed E-state index contributed by atoms with van der Waals surface area (Å²) >= 11 is 16.4. The maximum Gasteiger partial charge on any atom is 0.139 e. The minimum atomic E-state index is -0.00234. The van der Waals surface area contributed by atoms with E-state index in [-0.39, 0.29) is 4.83 Å². The third kappa shape index (κ3) is 3.74. The van der Waals surface area contributed by atoms with Gasteiger partial charge in [-0.15, -0.1) is 0 Å². The number of alkyl halides is 1. The summed E-state index contributed by atoms with van der Waals surface area (Å²) in [7, 11) is 0. The molecule has 2 aromatic carbocycles. The van der Waals surface area contributed by atoms with Gasteiger partial charge >= 0.3 is 0 Å². The van der Waals surface area contributed by atoms with Crippen LogP contribution in [0.3, 0.4) is 0 Å². The standard InChI is InChI=1S/C17H17BrCl2O/c1-4-21-16-9-14(19)13(8-15(16)20)17(18)12-6-5-10(2)11(3)7-12/h5-9,17H,4H2,1-3H3. The summed E-state index contributed by atoms with van der Waals surface area (Å²) in [6, 6.07) is 10.0. The maximum absolute atomic E-state index is 6.38. The van der Waals surface area contributed by atoms with Gasteiger partial charge in [0, 0.05) is 11.1 Å². The van der Waals surface area contributed by atoms with Gasteiger partial charge in [-0.2, -0.15) is 0 Å². The van der Waals surface area contributed by atoms with Crippen molar-refractivity contribution in [2.24, 2.45) is 0 Å². The SMILES string of the molecule is CCOc1cc(Cl)c(C(Br)c2ccc(C)c(C)c2)cc1Cl. The highest BCUT2D eigenvalue weighted by molar-refractivity contribution is 9.09. The zero-order valence-corrected chi connectivity index (χ0v) is 15.3. The van der Waals surface area contributed by atoms with E-state index in [0.717, 1.165) is 11.1 Å². The minimum absolute atomic E-state index is 0.00234. The van der Waals surface area contributed by atoms with Gasteiger partial charge in [0.1, 0.15) is 5.75 Å². The number of ether oxygens (including phenoxy) is 1. The van der Waals surface area contributed by atoms with Crippen LogP contribution in [0.5, 0.6) is 5.75 Å². The van der Waals surface area contributed by atoms with Crippen molar-refractivity contribution < 1.29 is 4.74 Å². The third-order valence-corrected chi connectivity index (χ3v) is 5.09. The van der Waals surface area contributed by atoms with Crippen LogP contribution in [0, 0.1) is 13.8 Å². The van der Waals surface area contributed by atoms with Crippen molar-refractivity contribution in [1.82, 2.24) is 0 Å². The molecular formula is C17H17BrCl2O. The Bertz CT molecular complexity index is 655. The molecule has 0 heterocycles. The molecule has 4 heteroatoms. The molecule has 0 aromatic heterocycles. The summed E-state index contributed by atoms with van der Waals surface area (Å²) in [5, 5.41) is 1.22. The van der Waals surface area contributed by atoms with Crippen molar-refractivity contribution in [1.29, 1.82) is 0 Å². The van der Waals surface area contributed by atoms with E-state index in [9.17, 15) is 0 Å². The lowest BCUT2D eigenvalue weighted by Gasteiger charge is -2.16. The third-order valence-electron chi connectivity index (χ3n) is 3.45. The molecule has 0 aliphatic carbocycles. The van der Waals surface area contributed by atoms with Crippen LogP contribution in [0.1, 0.15) is 34.0 Å². The largest absolute Gasteiger partial charge is 0.492 e. The number of rotatable bonds is 4. The quantitative estimate of drug-likeness (QED) is 0.544. The Labute approximate surface area is 144 Å². The Morgan fingerprint density at radius 1 is 1.05 bits per heavy atom. The molecule has 1 unspecified atom stereocenters. The van der Waals surface area contributed by atoms with E-state index in [1.807, 2.05) is 13.0 Å². The van der Waals surface area contributed by atoms with Crippen molar-refractivity contribution in [3.8, 4) is 5.75 Å². The zero-order valence-electron chi connectivity index (χ0n) is 12.2. The second kappa shape index (κ2) is 7.04. The maximum atomic E-state index is 6.38. The molecule has 0 fully saturated rings. The summed E-state index contributed by atoms with van der Waals surface area (Å²) < 4.78 is 5.46. The molecule has 1 atom stereocenters. The first-order chi connectivity index (χ1) is 9.93. The van der Waals surface area contributed by atoms with Gasteiger partial charge in [0.25, 0.3) is 0 Å². The highest BCUT2D eigenvalue weighted by Crippen LogP contribution is 2.40. The first-order valence-corrected chi connectivity index (χ1v) is 8.44. The first-order valence-electron chi connectivity index (χ1n) is 6.77. The summed E-state index contributed by atoms with van der Waals surface area (Å²) in [6.45, 7) is 6.68. The molecule has 0 bridgehead atoms. The van der Waals surface area contributed by atoms with Crippen molar-refractivity contribution in [3.05, 3.63) is 62.6 Å². The fraction of sp³-hybridized carbons (Fsp3) is 0.294. The Kier molecular flexibility index (Phi) is 5.59. The van der Waals surface area contributed by atoms with Crippen LogP contribution in [0.2, 0.25) is 10.0 Å². The molecule has 2 rings (SSSR count). The Morgan fingerprint density at radius 3 is 2.38 bits per heavy atom. The van der Waals surface area contributed by atoms with Gasteiger partial charge in [0.2, 0.25) is 0 Å². The molecule has 21 heavy (non-hydrogen) atoms. The molecule has 0 saturated heterocycles. The predicted molar refractivity (Wildman–Crippen MR) is 94.3 cm³/mol. The lowest BCUT2D eigenvalue weighted by atomic mass is 10.0. The number of hydrogen-bond donors (Lipinski definition) is 0. The fourth-order valence-corrected chi connectivity index (χ4v) is 3.39. The molecule has 0 saturated carbocycles. The molecular weight excluding hydrogens is 371 g/mol. The Balaban J connectivity index is 2.40. The second-order valence-corrected chi connectivity index (χ2v) is 6.67. The topological polar surface area (TPSA) is 9.23 Å². The van der Waals surface area contributed by atoms with Gasteiger partial charge in [-0.25, -0.2) is 0 Å². The average molecular weight is 388 g/mol. The van der Waals surface area contributed by atoms with E-state index in [1.54, 1.807) is 6.07 Å². The molecule has 1 nitrogen and oxygen atoms in total. The molecule has 0 amide bonds. The average Bonchev–Trinajstić information content (AvgIpc) is 2.45. The van der Waals surface area contributed by atoms with Crippen LogP contribution in [0.25, 0.3) is 0 Å². The highest BCUT2D eigenvalue weighted by atomic mass is 79.9. The summed E-state index contributed by atoms with van der Waals surface area (Å²) in [6.07, 6.45) is 0. The summed E-state index contributed by atoms with van der Waals surface area (Å²) in [4.78, 5) is -0.00234. The highest BCUT2D eigenvalue weighted by Gasteiger charge is 2.17. The lowest BCUT2D eigenvalue weighted by molar-refractivity contribution is 0.340. The van der Waals surface area contributed by atoms with Gasteiger partial charge in [0.05, 0.1) is 16.5 Å². The van der Waals surface area contributed by atoms with Crippen molar-refractivity contribution in [2.75, 3.05) is 6.61 Å². The number of halogens is 3. The van der Waals surface area contributed by atoms with E-state index in [0.29, 0.717) is 22.4 Å². The summed E-state index contributed by atoms with van der Waals surface area (Å²) in [5.41, 5.74) is 4.62. The van der Waals surface area contributed by atoms with Crippen molar-refractivity contribution >= 4 is 39.1 Å². The van der Waals surface area contributed by atoms with E-state index < -0.39 is 0 Å². The van der Waals surface area contributed by atoms with Gasteiger partial charge in [-0.05, 0) is 49.1 Å². The predicted octanol–water partition coefficient (Wildman–Crippen LogP) is 6.49. The minimum Gasteiger partial charge on any atom is -0.492 e. The first kappa shape index (κ1) is 16.7. The number of benzene rings is 2. The summed E-state index contributed by atoms with van der Waals surface area (Å²) in [5.74, 6) is 0.618. The molecule has 0 N–H and O–H groups in total. The van der Waals surface area contributed by atoms with Crippen LogP contribution in [0.4, 0.5) is 0 Å². The van der Waals surface area contributed by atoms with Gasteiger partial charge in [-0.3, -0.25) is 0 Å². The molecule has 0 aliphatic rings. The lowest BCUT2D eigenvalue weighted by Crippen LogP contribution is -1.98. The van der Waals surface area contributed by atoms with E-state index in [2.05, 4.69) is 48.0 Å². The van der Waals surface area contributed by atoms with Gasteiger partial charge in [0.15, 0.2) is 0 Å². The molecule has 2 aromatic rings. The Morgan fingerprint density at radius 2 is 1.76 bits per heavy atom. The second-order valence-electron chi connectivity index (χ2n) is 4.94. The smallest absolute Gasteiger partial charge is 0.139 e. The Hall–Kier alpha value is -0.700. The number of aryl methyl sites for hydroxylation is 2. The molecule has 112 valence electrons. The van der Waals surface area contributed by atoms with Gasteiger partial charge < -0.3 is 4.74 Å². The fourth-order valence-electron chi connectivity index (χ4n) is 2.11. The zero-order chi connectivity index (χ0) is 15.6. The van der Waals surface area contributed by atoms with E-state index in [4.69, 9.17) is 27.9 Å². The molecule has 0 radical (unpaired) electrons.